The van der Waals surface area contributed by atoms with Gasteiger partial charge in [-0.1, -0.05) is 0 Å². The Hall–Kier alpha value is -0.610. The van der Waals surface area contributed by atoms with Gasteiger partial charge in [0.25, 0.3) is 0 Å². The van der Waals surface area contributed by atoms with Crippen LogP contribution >= 0.6 is 0 Å². The Bertz CT molecular complexity index is 151. The lowest BCUT2D eigenvalue weighted by Crippen LogP contribution is -2.38. The van der Waals surface area contributed by atoms with Gasteiger partial charge in [-0.05, 0) is 13.8 Å². The molecule has 4 nitrogen and oxygen atoms in total. The van der Waals surface area contributed by atoms with E-state index < -0.39 is 0 Å². The van der Waals surface area contributed by atoms with E-state index in [0.717, 1.165) is 0 Å². The van der Waals surface area contributed by atoms with E-state index in [-0.39, 0.29) is 18.5 Å². The van der Waals surface area contributed by atoms with Crippen molar-refractivity contribution in [1.82, 2.24) is 0 Å². The van der Waals surface area contributed by atoms with E-state index in [4.69, 9.17) is 14.2 Å². The van der Waals surface area contributed by atoms with Crippen LogP contribution in [-0.2, 0) is 19.0 Å². The molecule has 1 aliphatic rings. The van der Waals surface area contributed by atoms with Crippen molar-refractivity contribution in [3.05, 3.63) is 0 Å². The molecule has 70 valence electrons. The Morgan fingerprint density at radius 3 is 2.67 bits per heavy atom. The second-order valence-electron chi connectivity index (χ2n) is 2.61. The molecule has 4 heteroatoms. The first-order chi connectivity index (χ1) is 5.72. The third-order valence-corrected chi connectivity index (χ3v) is 1.58. The van der Waals surface area contributed by atoms with E-state index in [1.807, 2.05) is 6.92 Å². The first-order valence-corrected chi connectivity index (χ1v) is 4.19. The van der Waals surface area contributed by atoms with Crippen molar-refractivity contribution in [2.24, 2.45) is 0 Å². The summed E-state index contributed by atoms with van der Waals surface area (Å²) >= 11 is 0. The zero-order valence-corrected chi connectivity index (χ0v) is 7.41. The van der Waals surface area contributed by atoms with Gasteiger partial charge in [0.15, 0.2) is 12.6 Å². The Kier molecular flexibility index (Phi) is 3.49. The molecule has 0 spiro atoms. The summed E-state index contributed by atoms with van der Waals surface area (Å²) < 4.78 is 15.0. The van der Waals surface area contributed by atoms with Crippen molar-refractivity contribution in [3.63, 3.8) is 0 Å². The molecule has 12 heavy (non-hydrogen) atoms. The van der Waals surface area contributed by atoms with Crippen molar-refractivity contribution < 1.29 is 19.0 Å². The lowest BCUT2D eigenvalue weighted by atomic mass is 10.3. The average Bonchev–Trinajstić information content (AvgIpc) is 1.96. The highest BCUT2D eigenvalue weighted by Gasteiger charge is 2.26. The Morgan fingerprint density at radius 1 is 1.50 bits per heavy atom. The summed E-state index contributed by atoms with van der Waals surface area (Å²) in [6, 6.07) is 0. The average molecular weight is 174 g/mol. The normalized spacial score (nSPS) is 27.8. The van der Waals surface area contributed by atoms with Gasteiger partial charge in [0.1, 0.15) is 0 Å². The minimum absolute atomic E-state index is 0.114. The number of rotatable bonds is 4. The van der Waals surface area contributed by atoms with Gasteiger partial charge in [-0.2, -0.15) is 0 Å². The Morgan fingerprint density at radius 2 is 2.17 bits per heavy atom. The lowest BCUT2D eigenvalue weighted by molar-refractivity contribution is -0.377. The van der Waals surface area contributed by atoms with E-state index in [1.165, 1.54) is 0 Å². The third kappa shape index (κ3) is 2.79. The molecular weight excluding hydrogens is 160 g/mol. The van der Waals surface area contributed by atoms with Gasteiger partial charge in [-0.15, -0.1) is 0 Å². The number of hydrogen-bond donors (Lipinski definition) is 0. The monoisotopic (exact) mass is 174 g/mol. The van der Waals surface area contributed by atoms with Crippen molar-refractivity contribution in [2.45, 2.75) is 39.3 Å². The number of ether oxygens (including phenoxy) is 3. The molecule has 1 rings (SSSR count). The fourth-order valence-corrected chi connectivity index (χ4v) is 1.04. The molecule has 0 atom stereocenters. The highest BCUT2D eigenvalue weighted by molar-refractivity contribution is 5.69. The summed E-state index contributed by atoms with van der Waals surface area (Å²) in [5.74, 6) is -0.191. The smallest absolute Gasteiger partial charge is 0.305 e. The predicted molar refractivity (Wildman–Crippen MR) is 41.3 cm³/mol. The maximum Gasteiger partial charge on any atom is 0.305 e. The molecule has 0 saturated carbocycles. The molecule has 0 aromatic rings. The van der Waals surface area contributed by atoms with E-state index in [2.05, 4.69) is 0 Å². The maximum atomic E-state index is 10.8. The molecule has 0 aliphatic carbocycles. The Balaban J connectivity index is 1.98. The minimum Gasteiger partial charge on any atom is -0.466 e. The van der Waals surface area contributed by atoms with Crippen LogP contribution in [0.5, 0.6) is 0 Å². The second kappa shape index (κ2) is 4.42. The van der Waals surface area contributed by atoms with Crippen molar-refractivity contribution in [1.29, 1.82) is 0 Å². The van der Waals surface area contributed by atoms with Crippen LogP contribution in [0.3, 0.4) is 0 Å². The topological polar surface area (TPSA) is 44.8 Å². The zero-order chi connectivity index (χ0) is 8.97. The van der Waals surface area contributed by atoms with Crippen LogP contribution in [0.2, 0.25) is 0 Å². The van der Waals surface area contributed by atoms with Crippen LogP contribution in [0.1, 0.15) is 26.7 Å². The van der Waals surface area contributed by atoms with Crippen LogP contribution < -0.4 is 0 Å². The molecule has 0 radical (unpaired) electrons. The zero-order valence-electron chi connectivity index (χ0n) is 7.41. The van der Waals surface area contributed by atoms with Gasteiger partial charge in [-0.3, -0.25) is 4.79 Å². The Labute approximate surface area is 71.8 Å². The van der Waals surface area contributed by atoms with Crippen molar-refractivity contribution in [2.75, 3.05) is 6.61 Å². The van der Waals surface area contributed by atoms with Gasteiger partial charge in [-0.25, -0.2) is 0 Å². The van der Waals surface area contributed by atoms with Crippen LogP contribution in [0.15, 0.2) is 0 Å². The molecule has 0 amide bonds. The molecule has 0 aromatic carbocycles. The molecule has 1 fully saturated rings. The number of hydrogen-bond acceptors (Lipinski definition) is 4. The fourth-order valence-electron chi connectivity index (χ4n) is 1.04. The van der Waals surface area contributed by atoms with Crippen LogP contribution in [0, 0.1) is 0 Å². The van der Waals surface area contributed by atoms with E-state index in [1.54, 1.807) is 6.92 Å². The summed E-state index contributed by atoms with van der Waals surface area (Å²) in [7, 11) is 0. The van der Waals surface area contributed by atoms with Crippen LogP contribution in [-0.4, -0.2) is 25.2 Å². The molecule has 0 bridgehead atoms. The summed E-state index contributed by atoms with van der Waals surface area (Å²) in [4.78, 5) is 10.8. The van der Waals surface area contributed by atoms with Gasteiger partial charge in [0.05, 0.1) is 13.0 Å². The first kappa shape index (κ1) is 9.48. The van der Waals surface area contributed by atoms with Crippen LogP contribution in [0.4, 0.5) is 0 Å². The lowest BCUT2D eigenvalue weighted by Gasteiger charge is -2.33. The standard InChI is InChI=1S/C8H14O4/c1-3-10-7(9)4-5-8-11-6(2)12-8/h6,8H,3-5H2,1-2H3. The highest BCUT2D eigenvalue weighted by atomic mass is 16.9. The van der Waals surface area contributed by atoms with E-state index in [0.29, 0.717) is 19.4 Å². The van der Waals surface area contributed by atoms with Gasteiger partial charge < -0.3 is 14.2 Å². The van der Waals surface area contributed by atoms with Gasteiger partial charge >= 0.3 is 5.97 Å². The number of carbonyl (C=O) groups is 1. The molecule has 1 aliphatic heterocycles. The summed E-state index contributed by atoms with van der Waals surface area (Å²) in [6.07, 6.45) is 0.635. The first-order valence-electron chi connectivity index (χ1n) is 4.19. The van der Waals surface area contributed by atoms with E-state index in [9.17, 15) is 4.79 Å². The van der Waals surface area contributed by atoms with Crippen molar-refractivity contribution in [3.8, 4) is 0 Å². The molecule has 1 heterocycles. The minimum atomic E-state index is -0.204. The predicted octanol–water partition coefficient (Wildman–Crippen LogP) is 1.05. The number of carbonyl (C=O) groups excluding carboxylic acids is 1. The number of esters is 1. The summed E-state index contributed by atoms with van der Waals surface area (Å²) in [6.45, 7) is 4.04. The summed E-state index contributed by atoms with van der Waals surface area (Å²) in [5.41, 5.74) is 0. The molecule has 0 aromatic heterocycles. The van der Waals surface area contributed by atoms with E-state index >= 15 is 0 Å². The molecule has 1 saturated heterocycles. The second-order valence-corrected chi connectivity index (χ2v) is 2.61. The maximum absolute atomic E-state index is 10.8. The van der Waals surface area contributed by atoms with Crippen molar-refractivity contribution >= 4 is 5.97 Å². The summed E-state index contributed by atoms with van der Waals surface area (Å²) in [5, 5.41) is 0. The van der Waals surface area contributed by atoms with Crippen LogP contribution in [0.25, 0.3) is 0 Å². The fraction of sp³-hybridized carbons (Fsp3) is 0.875. The quantitative estimate of drug-likeness (QED) is 0.597. The largest absolute Gasteiger partial charge is 0.466 e. The van der Waals surface area contributed by atoms with Gasteiger partial charge in [0, 0.05) is 6.42 Å². The molecule has 0 N–H and O–H groups in total. The molecular formula is C8H14O4. The molecule has 0 unspecified atom stereocenters. The highest BCUT2D eigenvalue weighted by Crippen LogP contribution is 2.19. The van der Waals surface area contributed by atoms with Gasteiger partial charge in [0.2, 0.25) is 0 Å². The third-order valence-electron chi connectivity index (χ3n) is 1.58. The SMILES string of the molecule is CCOC(=O)CCC1OC(C)O1.